The van der Waals surface area contributed by atoms with E-state index in [9.17, 15) is 14.7 Å². The third kappa shape index (κ3) is 3.36. The molecule has 1 fully saturated rings. The molecular formula is C23H18ClN3O4S. The fourth-order valence-electron chi connectivity index (χ4n) is 4.13. The lowest BCUT2D eigenvalue weighted by molar-refractivity contribution is -0.132. The molecule has 162 valence electrons. The van der Waals surface area contributed by atoms with Crippen LogP contribution in [0.5, 0.6) is 5.75 Å². The number of aliphatic hydroxyl groups excluding tert-OH is 1. The number of rotatable bonds is 3. The molecule has 2 aromatic carbocycles. The van der Waals surface area contributed by atoms with E-state index < -0.39 is 17.7 Å². The summed E-state index contributed by atoms with van der Waals surface area (Å²) in [5, 5.41) is 20.7. The summed E-state index contributed by atoms with van der Waals surface area (Å²) < 4.78 is 5.73. The number of anilines is 1. The molecule has 0 aliphatic carbocycles. The molecule has 1 saturated heterocycles. The summed E-state index contributed by atoms with van der Waals surface area (Å²) in [5.74, 6) is -1.05. The van der Waals surface area contributed by atoms with Gasteiger partial charge in [0.25, 0.3) is 5.78 Å². The lowest BCUT2D eigenvalue weighted by Gasteiger charge is -2.22. The van der Waals surface area contributed by atoms with Gasteiger partial charge >= 0.3 is 5.91 Å². The van der Waals surface area contributed by atoms with Gasteiger partial charge in [0.05, 0.1) is 11.6 Å². The summed E-state index contributed by atoms with van der Waals surface area (Å²) in [4.78, 5) is 27.5. The van der Waals surface area contributed by atoms with Crippen LogP contribution in [0.15, 0.2) is 48.0 Å². The molecule has 0 radical (unpaired) electrons. The lowest BCUT2D eigenvalue weighted by Crippen LogP contribution is -2.29. The van der Waals surface area contributed by atoms with E-state index in [0.29, 0.717) is 27.6 Å². The van der Waals surface area contributed by atoms with Crippen LogP contribution < -0.4 is 9.64 Å². The van der Waals surface area contributed by atoms with Crippen LogP contribution in [0.2, 0.25) is 5.02 Å². The van der Waals surface area contributed by atoms with Crippen LogP contribution in [0.1, 0.15) is 34.7 Å². The number of aromatic nitrogens is 2. The molecule has 0 spiro atoms. The van der Waals surface area contributed by atoms with Crippen LogP contribution in [0, 0.1) is 6.92 Å². The standard InChI is InChI=1S/C23H18ClN3O4S/c1-11-8-15-9-14(6-7-17(15)31-11)20(28)18-19(13-4-3-5-16(24)10-13)27(22(30)21(18)29)23-26-25-12(2)32-23/h3-7,9-11,19,28H,8H2,1-2H3/t11-,19-/m1/s1. The number of nitrogens with zero attached hydrogens (tertiary/aromatic N) is 3. The Kier molecular flexibility index (Phi) is 4.98. The molecule has 32 heavy (non-hydrogen) atoms. The van der Waals surface area contributed by atoms with Gasteiger partial charge in [0.1, 0.15) is 22.6 Å². The van der Waals surface area contributed by atoms with Crippen molar-refractivity contribution in [1.82, 2.24) is 10.2 Å². The number of fused-ring (bicyclic) bond motifs is 1. The molecule has 2 atom stereocenters. The van der Waals surface area contributed by atoms with Crippen molar-refractivity contribution in [2.75, 3.05) is 4.90 Å². The number of ketones is 1. The van der Waals surface area contributed by atoms with E-state index in [1.54, 1.807) is 49.4 Å². The largest absolute Gasteiger partial charge is 0.507 e. The number of hydrogen-bond donors (Lipinski definition) is 1. The molecule has 9 heteroatoms. The van der Waals surface area contributed by atoms with E-state index in [1.807, 2.05) is 6.92 Å². The zero-order chi connectivity index (χ0) is 22.6. The highest BCUT2D eigenvalue weighted by atomic mass is 35.5. The number of aliphatic hydroxyl groups is 1. The molecule has 0 saturated carbocycles. The Labute approximate surface area is 192 Å². The van der Waals surface area contributed by atoms with Crippen molar-refractivity contribution < 1.29 is 19.4 Å². The predicted molar refractivity (Wildman–Crippen MR) is 121 cm³/mol. The van der Waals surface area contributed by atoms with Crippen LogP contribution in [0.25, 0.3) is 5.76 Å². The smallest absolute Gasteiger partial charge is 0.301 e. The molecule has 0 unspecified atom stereocenters. The molecule has 2 aliphatic heterocycles. The third-order valence-electron chi connectivity index (χ3n) is 5.50. The third-order valence-corrected chi connectivity index (χ3v) is 6.57. The van der Waals surface area contributed by atoms with Gasteiger partial charge < -0.3 is 9.84 Å². The number of amides is 1. The second-order valence-electron chi connectivity index (χ2n) is 7.78. The first-order valence-electron chi connectivity index (χ1n) is 10.00. The van der Waals surface area contributed by atoms with E-state index in [1.165, 1.54) is 16.2 Å². The van der Waals surface area contributed by atoms with E-state index in [-0.39, 0.29) is 22.6 Å². The average molecular weight is 468 g/mol. The lowest BCUT2D eigenvalue weighted by atomic mass is 9.94. The Morgan fingerprint density at radius 3 is 2.75 bits per heavy atom. The zero-order valence-electron chi connectivity index (χ0n) is 17.2. The van der Waals surface area contributed by atoms with Crippen molar-refractivity contribution in [2.24, 2.45) is 0 Å². The molecule has 1 amide bonds. The topological polar surface area (TPSA) is 92.6 Å². The maximum atomic E-state index is 13.2. The second-order valence-corrected chi connectivity index (χ2v) is 9.38. The number of aryl methyl sites for hydroxylation is 1. The van der Waals surface area contributed by atoms with E-state index in [2.05, 4.69) is 10.2 Å². The van der Waals surface area contributed by atoms with Crippen LogP contribution in [-0.4, -0.2) is 33.1 Å². The summed E-state index contributed by atoms with van der Waals surface area (Å²) in [7, 11) is 0. The van der Waals surface area contributed by atoms with Gasteiger partial charge in [-0.1, -0.05) is 35.1 Å². The Morgan fingerprint density at radius 2 is 2.03 bits per heavy atom. The molecule has 3 heterocycles. The average Bonchev–Trinajstić information content (AvgIpc) is 3.42. The first-order valence-corrected chi connectivity index (χ1v) is 11.2. The molecule has 3 aromatic rings. The van der Waals surface area contributed by atoms with Crippen LogP contribution >= 0.6 is 22.9 Å². The summed E-state index contributed by atoms with van der Waals surface area (Å²) in [6, 6.07) is 11.2. The minimum atomic E-state index is -0.885. The van der Waals surface area contributed by atoms with E-state index in [0.717, 1.165) is 11.3 Å². The first kappa shape index (κ1) is 20.7. The van der Waals surface area contributed by atoms with Gasteiger partial charge in [0.15, 0.2) is 0 Å². The number of ether oxygens (including phenoxy) is 1. The highest BCUT2D eigenvalue weighted by Gasteiger charge is 2.48. The van der Waals surface area contributed by atoms with Gasteiger partial charge in [-0.2, -0.15) is 0 Å². The van der Waals surface area contributed by atoms with E-state index >= 15 is 0 Å². The summed E-state index contributed by atoms with van der Waals surface area (Å²) >= 11 is 7.41. The van der Waals surface area contributed by atoms with Crippen molar-refractivity contribution in [2.45, 2.75) is 32.4 Å². The minimum Gasteiger partial charge on any atom is -0.507 e. The van der Waals surface area contributed by atoms with Crippen molar-refractivity contribution in [3.63, 3.8) is 0 Å². The Morgan fingerprint density at radius 1 is 1.22 bits per heavy atom. The molecule has 1 N–H and O–H groups in total. The molecule has 2 aliphatic rings. The second kappa shape index (κ2) is 7.72. The fraction of sp³-hybridized carbons (Fsp3) is 0.217. The van der Waals surface area contributed by atoms with Crippen molar-refractivity contribution >= 4 is 45.5 Å². The molecular weight excluding hydrogens is 450 g/mol. The van der Waals surface area contributed by atoms with Crippen molar-refractivity contribution in [1.29, 1.82) is 0 Å². The van der Waals surface area contributed by atoms with Crippen LogP contribution in [0.3, 0.4) is 0 Å². The predicted octanol–water partition coefficient (Wildman–Crippen LogP) is 4.45. The minimum absolute atomic E-state index is 0.0166. The van der Waals surface area contributed by atoms with Gasteiger partial charge in [-0.25, -0.2) is 0 Å². The fourth-order valence-corrected chi connectivity index (χ4v) is 5.04. The SMILES string of the molecule is Cc1nnc(N2C(=O)C(=O)C(=C(O)c3ccc4c(c3)C[C@@H](C)O4)[C@H]2c2cccc(Cl)c2)s1. The van der Waals surface area contributed by atoms with Crippen LogP contribution in [-0.2, 0) is 16.0 Å². The van der Waals surface area contributed by atoms with Gasteiger partial charge in [-0.15, -0.1) is 10.2 Å². The number of carbonyl (C=O) groups excluding carboxylic acids is 2. The van der Waals surface area contributed by atoms with E-state index in [4.69, 9.17) is 16.3 Å². The maximum Gasteiger partial charge on any atom is 0.301 e. The maximum absolute atomic E-state index is 13.2. The van der Waals surface area contributed by atoms with Gasteiger partial charge in [-0.05, 0) is 55.3 Å². The Balaban J connectivity index is 1.69. The summed E-state index contributed by atoms with van der Waals surface area (Å²) in [6.45, 7) is 3.73. The van der Waals surface area contributed by atoms with Crippen LogP contribution in [0.4, 0.5) is 5.13 Å². The van der Waals surface area contributed by atoms with Gasteiger partial charge in [-0.3, -0.25) is 14.5 Å². The Bertz CT molecular complexity index is 1300. The van der Waals surface area contributed by atoms with Crippen molar-refractivity contribution in [3.8, 4) is 5.75 Å². The number of hydrogen-bond acceptors (Lipinski definition) is 7. The molecule has 5 rings (SSSR count). The number of Topliss-reactive ketones (excluding diaryl/α,β-unsaturated/α-hetero) is 1. The highest BCUT2D eigenvalue weighted by Crippen LogP contribution is 2.44. The number of carbonyl (C=O) groups is 2. The number of benzene rings is 2. The summed E-state index contributed by atoms with van der Waals surface area (Å²) in [5.41, 5.74) is 1.95. The zero-order valence-corrected chi connectivity index (χ0v) is 18.8. The molecule has 7 nitrogen and oxygen atoms in total. The first-order chi connectivity index (χ1) is 15.3. The highest BCUT2D eigenvalue weighted by molar-refractivity contribution is 7.15. The van der Waals surface area contributed by atoms with Crippen molar-refractivity contribution in [3.05, 3.63) is 74.8 Å². The Hall–Kier alpha value is -3.23. The normalized spacial score (nSPS) is 21.7. The molecule has 0 bridgehead atoms. The molecule has 1 aromatic heterocycles. The van der Waals surface area contributed by atoms with Gasteiger partial charge in [0, 0.05) is 17.0 Å². The monoisotopic (exact) mass is 467 g/mol. The number of halogens is 1. The van der Waals surface area contributed by atoms with Gasteiger partial charge in [0.2, 0.25) is 5.13 Å². The quantitative estimate of drug-likeness (QED) is 0.347. The summed E-state index contributed by atoms with van der Waals surface area (Å²) in [6.07, 6.45) is 0.743.